The molecule has 0 atom stereocenters. The van der Waals surface area contributed by atoms with E-state index in [0.717, 1.165) is 24.1 Å². The molecule has 0 aromatic heterocycles. The van der Waals surface area contributed by atoms with Gasteiger partial charge < -0.3 is 11.1 Å². The highest BCUT2D eigenvalue weighted by Crippen LogP contribution is 2.47. The van der Waals surface area contributed by atoms with Crippen LogP contribution in [0.1, 0.15) is 18.4 Å². The van der Waals surface area contributed by atoms with E-state index in [0.29, 0.717) is 0 Å². The minimum Gasteiger partial charge on any atom is -0.376 e. The van der Waals surface area contributed by atoms with Gasteiger partial charge in [0, 0.05) is 5.69 Å². The summed E-state index contributed by atoms with van der Waals surface area (Å²) in [5.41, 5.74) is 7.08. The molecule has 0 saturated heterocycles. The van der Waals surface area contributed by atoms with E-state index in [1.807, 2.05) is 24.3 Å². The summed E-state index contributed by atoms with van der Waals surface area (Å²) in [7, 11) is 0. The minimum absolute atomic E-state index is 0.220. The summed E-state index contributed by atoms with van der Waals surface area (Å²) < 4.78 is 0. The predicted octanol–water partition coefficient (Wildman–Crippen LogP) is 1.90. The summed E-state index contributed by atoms with van der Waals surface area (Å²) in [5.74, 6) is 0. The fraction of sp³-hybridized carbons (Fsp3) is 0.273. The van der Waals surface area contributed by atoms with Gasteiger partial charge in [-0.1, -0.05) is 12.1 Å². The first kappa shape index (κ1) is 9.94. The normalized spacial score (nSPS) is 16.5. The Labute approximate surface area is 93.9 Å². The summed E-state index contributed by atoms with van der Waals surface area (Å²) >= 11 is 4.73. The average Bonchev–Trinajstić information content (AvgIpc) is 2.99. The van der Waals surface area contributed by atoms with Crippen LogP contribution in [0.4, 0.5) is 5.69 Å². The molecule has 3 N–H and O–H groups in total. The van der Waals surface area contributed by atoms with E-state index in [1.54, 1.807) is 0 Å². The van der Waals surface area contributed by atoms with Crippen molar-refractivity contribution in [3.05, 3.63) is 29.8 Å². The van der Waals surface area contributed by atoms with E-state index >= 15 is 0 Å². The Kier molecular flexibility index (Phi) is 2.33. The summed E-state index contributed by atoms with van der Waals surface area (Å²) in [6, 6.07) is 10.1. The molecule has 1 saturated carbocycles. The molecule has 0 amide bonds. The van der Waals surface area contributed by atoms with Gasteiger partial charge in [0.05, 0.1) is 11.5 Å². The average molecular weight is 217 g/mol. The van der Waals surface area contributed by atoms with Crippen molar-refractivity contribution < 1.29 is 0 Å². The Morgan fingerprint density at radius 2 is 2.00 bits per heavy atom. The molecule has 0 unspecified atom stereocenters. The van der Waals surface area contributed by atoms with Crippen molar-refractivity contribution in [3.63, 3.8) is 0 Å². The van der Waals surface area contributed by atoms with Crippen LogP contribution in [0.5, 0.6) is 0 Å². The van der Waals surface area contributed by atoms with Crippen molar-refractivity contribution in [3.8, 4) is 6.07 Å². The Morgan fingerprint density at radius 3 is 2.40 bits per heavy atom. The fourth-order valence-corrected chi connectivity index (χ4v) is 1.72. The van der Waals surface area contributed by atoms with Gasteiger partial charge in [-0.2, -0.15) is 5.26 Å². The molecule has 1 aliphatic rings. The predicted molar refractivity (Wildman–Crippen MR) is 63.4 cm³/mol. The molecule has 76 valence electrons. The second-order valence-electron chi connectivity index (χ2n) is 3.76. The van der Waals surface area contributed by atoms with Crippen molar-refractivity contribution in [1.29, 1.82) is 5.26 Å². The van der Waals surface area contributed by atoms with Gasteiger partial charge in [0.1, 0.15) is 0 Å². The number of hydrogen-bond donors (Lipinski definition) is 2. The highest BCUT2D eigenvalue weighted by molar-refractivity contribution is 7.80. The van der Waals surface area contributed by atoms with Crippen molar-refractivity contribution in [2.75, 3.05) is 5.32 Å². The molecule has 2 rings (SSSR count). The number of nitrogens with one attached hydrogen (secondary N) is 1. The molecule has 1 aromatic rings. The number of hydrogen-bond acceptors (Lipinski definition) is 2. The number of anilines is 1. The molecule has 1 aromatic carbocycles. The molecule has 4 heteroatoms. The van der Waals surface area contributed by atoms with Crippen LogP contribution in [0.3, 0.4) is 0 Å². The van der Waals surface area contributed by atoms with E-state index < -0.39 is 0 Å². The van der Waals surface area contributed by atoms with E-state index in [9.17, 15) is 0 Å². The van der Waals surface area contributed by atoms with Crippen LogP contribution in [0.15, 0.2) is 24.3 Å². The van der Waals surface area contributed by atoms with E-state index in [-0.39, 0.29) is 10.5 Å². The highest BCUT2D eigenvalue weighted by atomic mass is 32.1. The Morgan fingerprint density at radius 1 is 1.40 bits per heavy atom. The summed E-state index contributed by atoms with van der Waals surface area (Å²) in [5, 5.41) is 12.1. The second kappa shape index (κ2) is 3.52. The van der Waals surface area contributed by atoms with Crippen LogP contribution in [-0.4, -0.2) is 5.11 Å². The summed E-state index contributed by atoms with van der Waals surface area (Å²) in [4.78, 5) is 0. The van der Waals surface area contributed by atoms with Gasteiger partial charge in [0.2, 0.25) is 0 Å². The van der Waals surface area contributed by atoms with Crippen LogP contribution in [0.2, 0.25) is 0 Å². The van der Waals surface area contributed by atoms with Gasteiger partial charge in [0.15, 0.2) is 5.11 Å². The number of nitriles is 1. The second-order valence-corrected chi connectivity index (χ2v) is 4.20. The van der Waals surface area contributed by atoms with E-state index in [2.05, 4.69) is 11.4 Å². The zero-order valence-corrected chi connectivity index (χ0v) is 8.97. The number of rotatable bonds is 2. The lowest BCUT2D eigenvalue weighted by atomic mass is 9.98. The first-order chi connectivity index (χ1) is 7.16. The lowest BCUT2D eigenvalue weighted by molar-refractivity contribution is 0.909. The minimum atomic E-state index is -0.220. The maximum atomic E-state index is 9.02. The SMILES string of the molecule is N#CC1(c2ccc(NC(N)=S)cc2)CC1. The van der Waals surface area contributed by atoms with Gasteiger partial charge in [-0.05, 0) is 42.8 Å². The molecule has 0 bridgehead atoms. The number of thiocarbonyl (C=S) groups is 1. The van der Waals surface area contributed by atoms with Gasteiger partial charge in [-0.25, -0.2) is 0 Å². The quantitative estimate of drug-likeness (QED) is 0.743. The zero-order chi connectivity index (χ0) is 10.9. The van der Waals surface area contributed by atoms with Crippen LogP contribution < -0.4 is 11.1 Å². The van der Waals surface area contributed by atoms with Crippen LogP contribution >= 0.6 is 12.2 Å². The molecule has 3 nitrogen and oxygen atoms in total. The van der Waals surface area contributed by atoms with Crippen molar-refractivity contribution in [1.82, 2.24) is 0 Å². The van der Waals surface area contributed by atoms with Crippen LogP contribution in [0, 0.1) is 11.3 Å². The molecular weight excluding hydrogens is 206 g/mol. The molecule has 0 aliphatic heterocycles. The van der Waals surface area contributed by atoms with Gasteiger partial charge in [-0.15, -0.1) is 0 Å². The fourth-order valence-electron chi connectivity index (χ4n) is 1.60. The molecule has 1 fully saturated rings. The van der Waals surface area contributed by atoms with Crippen molar-refractivity contribution >= 4 is 23.0 Å². The summed E-state index contributed by atoms with van der Waals surface area (Å²) in [6.45, 7) is 0. The van der Waals surface area contributed by atoms with Crippen molar-refractivity contribution in [2.24, 2.45) is 5.73 Å². The molecule has 0 spiro atoms. The van der Waals surface area contributed by atoms with Crippen molar-refractivity contribution in [2.45, 2.75) is 18.3 Å². The first-order valence-corrected chi connectivity index (χ1v) is 5.15. The Balaban J connectivity index is 2.18. The monoisotopic (exact) mass is 217 g/mol. The largest absolute Gasteiger partial charge is 0.376 e. The molecule has 1 aliphatic carbocycles. The van der Waals surface area contributed by atoms with Gasteiger partial charge in [-0.3, -0.25) is 0 Å². The first-order valence-electron chi connectivity index (χ1n) is 4.74. The lowest BCUT2D eigenvalue weighted by Crippen LogP contribution is -2.18. The third-order valence-electron chi connectivity index (χ3n) is 2.67. The number of benzene rings is 1. The molecule has 15 heavy (non-hydrogen) atoms. The van der Waals surface area contributed by atoms with Gasteiger partial charge >= 0.3 is 0 Å². The smallest absolute Gasteiger partial charge is 0.168 e. The standard InChI is InChI=1S/C11H11N3S/c12-7-11(5-6-11)8-1-3-9(4-2-8)14-10(13)15/h1-4H,5-6H2,(H3,13,14,15). The third-order valence-corrected chi connectivity index (χ3v) is 2.77. The molecular formula is C11H11N3S. The molecule has 0 heterocycles. The number of nitrogens with two attached hydrogens (primary N) is 1. The van der Waals surface area contributed by atoms with Crippen LogP contribution in [-0.2, 0) is 5.41 Å². The third kappa shape index (κ3) is 1.92. The number of nitrogens with zero attached hydrogens (tertiary/aromatic N) is 1. The topological polar surface area (TPSA) is 61.8 Å². The highest BCUT2D eigenvalue weighted by Gasteiger charge is 2.44. The maximum Gasteiger partial charge on any atom is 0.168 e. The molecule has 0 radical (unpaired) electrons. The van der Waals surface area contributed by atoms with E-state index in [4.69, 9.17) is 23.2 Å². The van der Waals surface area contributed by atoms with E-state index in [1.165, 1.54) is 0 Å². The van der Waals surface area contributed by atoms with Crippen LogP contribution in [0.25, 0.3) is 0 Å². The summed E-state index contributed by atoms with van der Waals surface area (Å²) in [6.07, 6.45) is 1.93. The van der Waals surface area contributed by atoms with Gasteiger partial charge in [0.25, 0.3) is 0 Å². The maximum absolute atomic E-state index is 9.02. The Bertz CT molecular complexity index is 426. The zero-order valence-electron chi connectivity index (χ0n) is 8.16. The lowest BCUT2D eigenvalue weighted by Gasteiger charge is -2.08. The Hall–Kier alpha value is -1.60.